The van der Waals surface area contributed by atoms with E-state index in [1.807, 2.05) is 0 Å². The molecule has 3 atom stereocenters. The van der Waals surface area contributed by atoms with Crippen molar-refractivity contribution in [1.29, 1.82) is 0 Å². The summed E-state index contributed by atoms with van der Waals surface area (Å²) in [5.41, 5.74) is 0. The van der Waals surface area contributed by atoms with Gasteiger partial charge in [-0.25, -0.2) is 8.42 Å². The summed E-state index contributed by atoms with van der Waals surface area (Å²) in [6.45, 7) is 0.525. The molecule has 0 spiro atoms. The molecule has 0 amide bonds. The lowest BCUT2D eigenvalue weighted by Crippen LogP contribution is -2.45. The summed E-state index contributed by atoms with van der Waals surface area (Å²) in [7, 11) is -3.56. The lowest BCUT2D eigenvalue weighted by Gasteiger charge is -2.36. The van der Waals surface area contributed by atoms with Gasteiger partial charge < -0.3 is 9.52 Å². The van der Waals surface area contributed by atoms with Crippen molar-refractivity contribution in [2.75, 3.05) is 6.54 Å². The smallest absolute Gasteiger partial charge is 0.276 e. The molecule has 1 aromatic heterocycles. The van der Waals surface area contributed by atoms with E-state index in [0.29, 0.717) is 6.54 Å². The first kappa shape index (κ1) is 14.1. The van der Waals surface area contributed by atoms with Crippen LogP contribution in [0.4, 0.5) is 0 Å². The van der Waals surface area contributed by atoms with Gasteiger partial charge in [0, 0.05) is 18.5 Å². The molecular formula is C14H21NO4S. The summed E-state index contributed by atoms with van der Waals surface area (Å²) >= 11 is 0. The topological polar surface area (TPSA) is 70.8 Å². The molecule has 1 saturated heterocycles. The quantitative estimate of drug-likeness (QED) is 0.926. The van der Waals surface area contributed by atoms with Gasteiger partial charge >= 0.3 is 0 Å². The lowest BCUT2D eigenvalue weighted by atomic mass is 9.81. The molecule has 1 N–H and O–H groups in total. The lowest BCUT2D eigenvalue weighted by molar-refractivity contribution is 0.0384. The summed E-state index contributed by atoms with van der Waals surface area (Å²) in [4.78, 5) is 0. The normalized spacial score (nSPS) is 32.5. The van der Waals surface area contributed by atoms with E-state index in [2.05, 4.69) is 0 Å². The van der Waals surface area contributed by atoms with Crippen LogP contribution in [0.5, 0.6) is 0 Å². The maximum Gasteiger partial charge on any atom is 0.276 e. The van der Waals surface area contributed by atoms with Crippen LogP contribution < -0.4 is 0 Å². The van der Waals surface area contributed by atoms with Gasteiger partial charge in [0.15, 0.2) is 0 Å². The van der Waals surface area contributed by atoms with Gasteiger partial charge in [-0.05, 0) is 37.8 Å². The van der Waals surface area contributed by atoms with E-state index < -0.39 is 10.0 Å². The molecule has 1 saturated carbocycles. The molecule has 5 nitrogen and oxygen atoms in total. The number of aliphatic hydroxyl groups excluding tert-OH is 1. The number of nitrogens with zero attached hydrogens (tertiary/aromatic N) is 1. The first-order chi connectivity index (χ1) is 9.60. The first-order valence-corrected chi connectivity index (χ1v) is 8.78. The number of sulfonamides is 1. The second-order valence-corrected chi connectivity index (χ2v) is 7.59. The van der Waals surface area contributed by atoms with Gasteiger partial charge in [-0.3, -0.25) is 0 Å². The van der Waals surface area contributed by atoms with Crippen LogP contribution in [-0.4, -0.2) is 36.5 Å². The van der Waals surface area contributed by atoms with Crippen LogP contribution in [0.1, 0.15) is 38.5 Å². The molecule has 3 rings (SSSR count). The minimum Gasteiger partial charge on any atom is -0.452 e. The van der Waals surface area contributed by atoms with Crippen LogP contribution in [-0.2, 0) is 10.0 Å². The molecular weight excluding hydrogens is 278 g/mol. The molecule has 0 aromatic carbocycles. The van der Waals surface area contributed by atoms with Gasteiger partial charge in [-0.2, -0.15) is 4.31 Å². The van der Waals surface area contributed by atoms with E-state index in [9.17, 15) is 13.5 Å². The average Bonchev–Trinajstić information content (AvgIpc) is 3.11. The molecule has 112 valence electrons. The van der Waals surface area contributed by atoms with Gasteiger partial charge in [0.2, 0.25) is 5.09 Å². The van der Waals surface area contributed by atoms with E-state index in [-0.39, 0.29) is 23.2 Å². The van der Waals surface area contributed by atoms with Crippen LogP contribution in [0.3, 0.4) is 0 Å². The predicted octanol–water partition coefficient (Wildman–Crippen LogP) is 1.98. The standard InChI is InChI=1S/C14H21NO4S/c16-13-7-2-1-5-11(13)12-6-3-9-15(12)20(17,18)14-8-4-10-19-14/h4,8,10-13,16H,1-3,5-7,9H2. The highest BCUT2D eigenvalue weighted by molar-refractivity contribution is 7.89. The van der Waals surface area contributed by atoms with Crippen molar-refractivity contribution in [3.63, 3.8) is 0 Å². The average molecular weight is 299 g/mol. The van der Waals surface area contributed by atoms with Crippen LogP contribution in [0, 0.1) is 5.92 Å². The fourth-order valence-electron chi connectivity index (χ4n) is 3.61. The van der Waals surface area contributed by atoms with Crippen molar-refractivity contribution in [3.8, 4) is 0 Å². The largest absolute Gasteiger partial charge is 0.452 e. The third kappa shape index (κ3) is 2.40. The van der Waals surface area contributed by atoms with Gasteiger partial charge in [0.05, 0.1) is 12.4 Å². The van der Waals surface area contributed by atoms with Gasteiger partial charge in [-0.15, -0.1) is 0 Å². The second-order valence-electron chi connectivity index (χ2n) is 5.77. The summed E-state index contributed by atoms with van der Waals surface area (Å²) in [5.74, 6) is 0.0657. The second kappa shape index (κ2) is 5.50. The zero-order valence-electron chi connectivity index (χ0n) is 11.4. The molecule has 2 heterocycles. The molecule has 1 aliphatic carbocycles. The minimum atomic E-state index is -3.56. The Morgan fingerprint density at radius 3 is 2.70 bits per heavy atom. The molecule has 1 aromatic rings. The zero-order chi connectivity index (χ0) is 14.2. The molecule has 0 radical (unpaired) electrons. The van der Waals surface area contributed by atoms with Gasteiger partial charge in [0.25, 0.3) is 10.0 Å². The fraction of sp³-hybridized carbons (Fsp3) is 0.714. The predicted molar refractivity (Wildman–Crippen MR) is 73.6 cm³/mol. The van der Waals surface area contributed by atoms with Gasteiger partial charge in [-0.1, -0.05) is 12.8 Å². The van der Waals surface area contributed by atoms with Crippen LogP contribution in [0.2, 0.25) is 0 Å². The first-order valence-electron chi connectivity index (χ1n) is 7.34. The molecule has 3 unspecified atom stereocenters. The third-order valence-corrected chi connectivity index (χ3v) is 6.39. The molecule has 1 aliphatic heterocycles. The summed E-state index contributed by atoms with van der Waals surface area (Å²) in [6, 6.07) is 3.00. The third-order valence-electron chi connectivity index (χ3n) is 4.58. The number of hydrogen-bond acceptors (Lipinski definition) is 4. The fourth-order valence-corrected chi connectivity index (χ4v) is 5.25. The molecule has 2 aliphatic rings. The Kier molecular flexibility index (Phi) is 3.88. The number of aliphatic hydroxyl groups is 1. The van der Waals surface area contributed by atoms with E-state index in [4.69, 9.17) is 4.42 Å². The summed E-state index contributed by atoms with van der Waals surface area (Å²) in [5, 5.41) is 10.2. The van der Waals surface area contributed by atoms with E-state index in [0.717, 1.165) is 38.5 Å². The van der Waals surface area contributed by atoms with E-state index in [1.165, 1.54) is 12.3 Å². The van der Waals surface area contributed by atoms with Gasteiger partial charge in [0.1, 0.15) is 0 Å². The van der Waals surface area contributed by atoms with Crippen molar-refractivity contribution in [1.82, 2.24) is 4.31 Å². The Balaban J connectivity index is 1.85. The highest BCUT2D eigenvalue weighted by Crippen LogP contribution is 2.37. The number of furan rings is 1. The van der Waals surface area contributed by atoms with Crippen molar-refractivity contribution in [3.05, 3.63) is 18.4 Å². The molecule has 0 bridgehead atoms. The molecule has 20 heavy (non-hydrogen) atoms. The Morgan fingerprint density at radius 1 is 1.20 bits per heavy atom. The summed E-state index contributed by atoms with van der Waals surface area (Å²) in [6.07, 6.45) is 6.51. The highest BCUT2D eigenvalue weighted by Gasteiger charge is 2.43. The number of rotatable bonds is 3. The van der Waals surface area contributed by atoms with E-state index in [1.54, 1.807) is 10.4 Å². The maximum atomic E-state index is 12.6. The molecule has 6 heteroatoms. The Labute approximate surface area is 119 Å². The maximum absolute atomic E-state index is 12.6. The number of hydrogen-bond donors (Lipinski definition) is 1. The van der Waals surface area contributed by atoms with Crippen LogP contribution in [0.25, 0.3) is 0 Å². The van der Waals surface area contributed by atoms with Crippen molar-refractivity contribution >= 4 is 10.0 Å². The minimum absolute atomic E-state index is 0.00898. The van der Waals surface area contributed by atoms with Crippen molar-refractivity contribution < 1.29 is 17.9 Å². The van der Waals surface area contributed by atoms with E-state index >= 15 is 0 Å². The Hall–Kier alpha value is -0.850. The Bertz CT molecular complexity index is 540. The van der Waals surface area contributed by atoms with Crippen molar-refractivity contribution in [2.24, 2.45) is 5.92 Å². The highest BCUT2D eigenvalue weighted by atomic mass is 32.2. The van der Waals surface area contributed by atoms with Crippen molar-refractivity contribution in [2.45, 2.75) is 55.8 Å². The SMILES string of the molecule is O=S(=O)(c1ccco1)N1CCCC1C1CCCCC1O. The monoisotopic (exact) mass is 299 g/mol. The zero-order valence-corrected chi connectivity index (χ0v) is 12.3. The van der Waals surface area contributed by atoms with Crippen LogP contribution >= 0.6 is 0 Å². The van der Waals surface area contributed by atoms with Crippen LogP contribution in [0.15, 0.2) is 27.9 Å². The summed E-state index contributed by atoms with van der Waals surface area (Å²) < 4.78 is 31.8. The molecule has 2 fully saturated rings. The Morgan fingerprint density at radius 2 is 2.00 bits per heavy atom.